The molecule has 5 nitrogen and oxygen atoms in total. The summed E-state index contributed by atoms with van der Waals surface area (Å²) in [5, 5.41) is 6.36. The van der Waals surface area contributed by atoms with E-state index >= 15 is 0 Å². The zero-order chi connectivity index (χ0) is 19.1. The number of halogens is 1. The van der Waals surface area contributed by atoms with Crippen LogP contribution >= 0.6 is 0 Å². The Morgan fingerprint density at radius 1 is 1.11 bits per heavy atom. The van der Waals surface area contributed by atoms with Gasteiger partial charge in [-0.05, 0) is 23.6 Å². The van der Waals surface area contributed by atoms with Crippen molar-refractivity contribution < 1.29 is 9.18 Å². The van der Waals surface area contributed by atoms with Crippen molar-refractivity contribution in [2.75, 3.05) is 13.6 Å². The first-order valence-corrected chi connectivity index (χ1v) is 9.19. The number of hydrogen-bond acceptors (Lipinski definition) is 2. The van der Waals surface area contributed by atoms with E-state index < -0.39 is 0 Å². The minimum Gasteiger partial charge on any atom is -0.352 e. The quantitative estimate of drug-likeness (QED) is 0.609. The number of guanidine groups is 1. The van der Waals surface area contributed by atoms with E-state index in [0.29, 0.717) is 37.6 Å². The third-order valence-electron chi connectivity index (χ3n) is 4.62. The van der Waals surface area contributed by atoms with Gasteiger partial charge in [-0.3, -0.25) is 9.79 Å². The molecule has 0 bridgehead atoms. The van der Waals surface area contributed by atoms with Gasteiger partial charge in [0.15, 0.2) is 5.96 Å². The predicted octanol–water partition coefficient (Wildman–Crippen LogP) is 2.81. The summed E-state index contributed by atoms with van der Waals surface area (Å²) in [5.74, 6) is 0.610. The molecule has 3 rings (SSSR count). The monoisotopic (exact) mass is 368 g/mol. The number of benzene rings is 2. The Balaban J connectivity index is 1.53. The Bertz CT molecular complexity index is 821. The minimum absolute atomic E-state index is 0.232. The third-order valence-corrected chi connectivity index (χ3v) is 4.62. The molecule has 1 saturated heterocycles. The molecule has 1 fully saturated rings. The molecule has 0 aliphatic carbocycles. The minimum atomic E-state index is -0.232. The largest absolute Gasteiger partial charge is 0.352 e. The normalized spacial score (nSPS) is 14.5. The van der Waals surface area contributed by atoms with Crippen LogP contribution in [0.4, 0.5) is 4.39 Å². The summed E-state index contributed by atoms with van der Waals surface area (Å²) in [4.78, 5) is 17.9. The predicted molar refractivity (Wildman–Crippen MR) is 105 cm³/mol. The first-order chi connectivity index (χ1) is 13.2. The maximum absolute atomic E-state index is 13.7. The zero-order valence-electron chi connectivity index (χ0n) is 15.5. The fourth-order valence-electron chi connectivity index (χ4n) is 3.16. The lowest BCUT2D eigenvalue weighted by atomic mass is 10.1. The molecule has 1 aliphatic rings. The number of hydrogen-bond donors (Lipinski definition) is 2. The lowest BCUT2D eigenvalue weighted by molar-refractivity contribution is -0.128. The van der Waals surface area contributed by atoms with E-state index in [1.54, 1.807) is 19.2 Å². The summed E-state index contributed by atoms with van der Waals surface area (Å²) < 4.78 is 13.7. The van der Waals surface area contributed by atoms with Gasteiger partial charge in [0, 0.05) is 45.2 Å². The van der Waals surface area contributed by atoms with E-state index in [0.717, 1.165) is 24.1 Å². The van der Waals surface area contributed by atoms with Crippen molar-refractivity contribution >= 4 is 11.9 Å². The van der Waals surface area contributed by atoms with Crippen LogP contribution in [0.25, 0.3) is 0 Å². The van der Waals surface area contributed by atoms with Crippen molar-refractivity contribution in [2.24, 2.45) is 4.99 Å². The van der Waals surface area contributed by atoms with Gasteiger partial charge in [0.25, 0.3) is 0 Å². The molecule has 0 spiro atoms. The van der Waals surface area contributed by atoms with Crippen LogP contribution in [0.5, 0.6) is 0 Å². The standard InChI is InChI=1S/C21H25FN4O/c1-23-21(25-14-18-8-2-3-9-19(18)22)24-13-16-6-4-7-17(12-16)15-26-11-5-10-20(26)27/h2-4,6-9,12H,5,10-11,13-15H2,1H3,(H2,23,24,25). The fraction of sp³-hybridized carbons (Fsp3) is 0.333. The van der Waals surface area contributed by atoms with Crippen LogP contribution in [0, 0.1) is 5.82 Å². The molecule has 2 N–H and O–H groups in total. The number of nitrogens with zero attached hydrogens (tertiary/aromatic N) is 2. The SMILES string of the molecule is CN=C(NCc1cccc(CN2CCCC2=O)c1)NCc1ccccc1F. The first kappa shape index (κ1) is 18.9. The molecule has 27 heavy (non-hydrogen) atoms. The van der Waals surface area contributed by atoms with Crippen LogP contribution < -0.4 is 10.6 Å². The number of nitrogens with one attached hydrogen (secondary N) is 2. The molecule has 0 atom stereocenters. The summed E-state index contributed by atoms with van der Waals surface area (Å²) in [7, 11) is 1.69. The number of rotatable bonds is 6. The van der Waals surface area contributed by atoms with Crippen LogP contribution in [0.1, 0.15) is 29.5 Å². The topological polar surface area (TPSA) is 56.7 Å². The maximum atomic E-state index is 13.7. The van der Waals surface area contributed by atoms with E-state index in [1.807, 2.05) is 29.2 Å². The van der Waals surface area contributed by atoms with Crippen LogP contribution in [0.2, 0.25) is 0 Å². The van der Waals surface area contributed by atoms with E-state index in [4.69, 9.17) is 0 Å². The Morgan fingerprint density at radius 3 is 2.63 bits per heavy atom. The Kier molecular flexibility index (Phi) is 6.41. The highest BCUT2D eigenvalue weighted by Gasteiger charge is 2.19. The first-order valence-electron chi connectivity index (χ1n) is 9.19. The molecule has 0 radical (unpaired) electrons. The van der Waals surface area contributed by atoms with E-state index in [2.05, 4.69) is 21.7 Å². The van der Waals surface area contributed by atoms with E-state index in [1.165, 1.54) is 6.07 Å². The van der Waals surface area contributed by atoms with E-state index in [9.17, 15) is 9.18 Å². The summed E-state index contributed by atoms with van der Waals surface area (Å²) in [6.45, 7) is 2.46. The molecule has 142 valence electrons. The number of carbonyl (C=O) groups excluding carboxylic acids is 1. The van der Waals surface area contributed by atoms with Gasteiger partial charge in [-0.15, -0.1) is 0 Å². The van der Waals surface area contributed by atoms with Crippen molar-refractivity contribution in [2.45, 2.75) is 32.5 Å². The van der Waals surface area contributed by atoms with Crippen molar-refractivity contribution in [1.29, 1.82) is 0 Å². The summed E-state index contributed by atoms with van der Waals surface area (Å²) in [5.41, 5.74) is 2.82. The third kappa shape index (κ3) is 5.29. The van der Waals surface area contributed by atoms with E-state index in [-0.39, 0.29) is 11.7 Å². The van der Waals surface area contributed by atoms with Crippen molar-refractivity contribution in [3.05, 3.63) is 71.0 Å². The Labute approximate surface area is 159 Å². The number of amides is 1. The molecule has 1 heterocycles. The highest BCUT2D eigenvalue weighted by molar-refractivity contribution is 5.79. The average Bonchev–Trinajstić information content (AvgIpc) is 3.08. The Morgan fingerprint density at radius 2 is 1.89 bits per heavy atom. The summed E-state index contributed by atoms with van der Waals surface area (Å²) >= 11 is 0. The molecule has 1 aliphatic heterocycles. The molecule has 2 aromatic carbocycles. The van der Waals surface area contributed by atoms with Crippen LogP contribution in [-0.2, 0) is 24.4 Å². The molecule has 0 aromatic heterocycles. The summed E-state index contributed by atoms with van der Waals surface area (Å²) in [6, 6.07) is 14.9. The van der Waals surface area contributed by atoms with Gasteiger partial charge in [0.1, 0.15) is 5.82 Å². The smallest absolute Gasteiger partial charge is 0.222 e. The zero-order valence-corrected chi connectivity index (χ0v) is 15.5. The summed E-state index contributed by atoms with van der Waals surface area (Å²) in [6.07, 6.45) is 1.61. The lowest BCUT2D eigenvalue weighted by Crippen LogP contribution is -2.36. The van der Waals surface area contributed by atoms with Gasteiger partial charge >= 0.3 is 0 Å². The molecule has 0 saturated carbocycles. The molecule has 1 amide bonds. The number of carbonyl (C=O) groups is 1. The molecule has 0 unspecified atom stereocenters. The van der Waals surface area contributed by atoms with Gasteiger partial charge in [-0.2, -0.15) is 0 Å². The molecule has 6 heteroatoms. The highest BCUT2D eigenvalue weighted by Crippen LogP contribution is 2.15. The average molecular weight is 368 g/mol. The fourth-order valence-corrected chi connectivity index (χ4v) is 3.16. The molecule has 2 aromatic rings. The van der Waals surface area contributed by atoms with Crippen molar-refractivity contribution in [3.63, 3.8) is 0 Å². The van der Waals surface area contributed by atoms with Gasteiger partial charge < -0.3 is 15.5 Å². The maximum Gasteiger partial charge on any atom is 0.222 e. The van der Waals surface area contributed by atoms with Crippen molar-refractivity contribution in [3.8, 4) is 0 Å². The second-order valence-electron chi connectivity index (χ2n) is 6.61. The van der Waals surface area contributed by atoms with Crippen LogP contribution in [-0.4, -0.2) is 30.4 Å². The second-order valence-corrected chi connectivity index (χ2v) is 6.61. The molecular formula is C21H25FN4O. The molecular weight excluding hydrogens is 343 g/mol. The Hall–Kier alpha value is -2.89. The van der Waals surface area contributed by atoms with Gasteiger partial charge in [-0.25, -0.2) is 4.39 Å². The number of aliphatic imine (C=N–C) groups is 1. The van der Waals surface area contributed by atoms with Crippen LogP contribution in [0.3, 0.4) is 0 Å². The number of likely N-dealkylation sites (tertiary alicyclic amines) is 1. The lowest BCUT2D eigenvalue weighted by Gasteiger charge is -2.16. The van der Waals surface area contributed by atoms with Crippen molar-refractivity contribution in [1.82, 2.24) is 15.5 Å². The van der Waals surface area contributed by atoms with Gasteiger partial charge in [0.2, 0.25) is 5.91 Å². The van der Waals surface area contributed by atoms with Gasteiger partial charge in [0.05, 0.1) is 0 Å². The second kappa shape index (κ2) is 9.16. The van der Waals surface area contributed by atoms with Crippen LogP contribution in [0.15, 0.2) is 53.5 Å². The highest BCUT2D eigenvalue weighted by atomic mass is 19.1. The van der Waals surface area contributed by atoms with Gasteiger partial charge in [-0.1, -0.05) is 42.5 Å².